The standard InChI is InChI=1S/C11H17FN2O/c1-14(6-3-7-15-2)11-5-4-9(13)8-10(11)12/h4-5,8H,3,6-7,13H2,1-2H3. The number of rotatable bonds is 5. The van der Waals surface area contributed by atoms with Crippen LogP contribution in [0.1, 0.15) is 6.42 Å². The van der Waals surface area contributed by atoms with Crippen molar-refractivity contribution in [3.63, 3.8) is 0 Å². The second-order valence-corrected chi connectivity index (χ2v) is 3.48. The summed E-state index contributed by atoms with van der Waals surface area (Å²) in [5.74, 6) is -0.282. The Balaban J connectivity index is 2.61. The Labute approximate surface area is 89.6 Å². The van der Waals surface area contributed by atoms with Gasteiger partial charge in [-0.3, -0.25) is 0 Å². The molecule has 1 aromatic carbocycles. The molecule has 15 heavy (non-hydrogen) atoms. The fourth-order valence-electron chi connectivity index (χ4n) is 1.40. The van der Waals surface area contributed by atoms with Gasteiger partial charge in [-0.05, 0) is 24.6 Å². The lowest BCUT2D eigenvalue weighted by molar-refractivity contribution is 0.196. The predicted molar refractivity (Wildman–Crippen MR) is 60.6 cm³/mol. The molecule has 0 aliphatic rings. The first-order valence-corrected chi connectivity index (χ1v) is 4.90. The average Bonchev–Trinajstić information content (AvgIpc) is 2.17. The lowest BCUT2D eigenvalue weighted by Crippen LogP contribution is -2.20. The zero-order valence-corrected chi connectivity index (χ0v) is 9.16. The molecular weight excluding hydrogens is 195 g/mol. The van der Waals surface area contributed by atoms with E-state index in [9.17, 15) is 4.39 Å². The first kappa shape index (κ1) is 11.8. The van der Waals surface area contributed by atoms with Crippen molar-refractivity contribution < 1.29 is 9.13 Å². The van der Waals surface area contributed by atoms with E-state index in [4.69, 9.17) is 10.5 Å². The molecule has 0 atom stereocenters. The highest BCUT2D eigenvalue weighted by Crippen LogP contribution is 2.20. The van der Waals surface area contributed by atoms with Gasteiger partial charge < -0.3 is 15.4 Å². The van der Waals surface area contributed by atoms with Crippen LogP contribution >= 0.6 is 0 Å². The number of ether oxygens (including phenoxy) is 1. The number of nitrogen functional groups attached to an aromatic ring is 1. The second-order valence-electron chi connectivity index (χ2n) is 3.48. The summed E-state index contributed by atoms with van der Waals surface area (Å²) in [4.78, 5) is 1.85. The Hall–Kier alpha value is -1.29. The summed E-state index contributed by atoms with van der Waals surface area (Å²) in [6, 6.07) is 4.73. The summed E-state index contributed by atoms with van der Waals surface area (Å²) in [7, 11) is 3.51. The highest BCUT2D eigenvalue weighted by molar-refractivity contribution is 5.53. The van der Waals surface area contributed by atoms with Crippen LogP contribution in [-0.4, -0.2) is 27.3 Å². The van der Waals surface area contributed by atoms with Crippen LogP contribution in [0.5, 0.6) is 0 Å². The normalized spacial score (nSPS) is 10.3. The molecule has 1 aromatic rings. The lowest BCUT2D eigenvalue weighted by atomic mass is 10.2. The maximum atomic E-state index is 13.5. The molecule has 0 spiro atoms. The van der Waals surface area contributed by atoms with Gasteiger partial charge in [0.1, 0.15) is 5.82 Å². The summed E-state index contributed by atoms with van der Waals surface area (Å²) in [6.45, 7) is 1.44. The van der Waals surface area contributed by atoms with Crippen LogP contribution < -0.4 is 10.6 Å². The van der Waals surface area contributed by atoms with Gasteiger partial charge in [0.15, 0.2) is 0 Å². The monoisotopic (exact) mass is 212 g/mol. The van der Waals surface area contributed by atoms with Gasteiger partial charge in [0.05, 0.1) is 5.69 Å². The van der Waals surface area contributed by atoms with Gasteiger partial charge in [0.25, 0.3) is 0 Å². The Morgan fingerprint density at radius 2 is 2.20 bits per heavy atom. The van der Waals surface area contributed by atoms with Crippen molar-refractivity contribution in [3.8, 4) is 0 Å². The number of halogens is 1. The first-order chi connectivity index (χ1) is 7.15. The van der Waals surface area contributed by atoms with E-state index in [0.29, 0.717) is 18.0 Å². The number of nitrogens with two attached hydrogens (primary N) is 1. The third-order valence-electron chi connectivity index (χ3n) is 2.22. The van der Waals surface area contributed by atoms with Crippen molar-refractivity contribution in [2.75, 3.05) is 37.9 Å². The van der Waals surface area contributed by atoms with Crippen LogP contribution in [0.2, 0.25) is 0 Å². The fourth-order valence-corrected chi connectivity index (χ4v) is 1.40. The molecule has 0 bridgehead atoms. The predicted octanol–water partition coefficient (Wildman–Crippen LogP) is 1.88. The lowest BCUT2D eigenvalue weighted by Gasteiger charge is -2.19. The molecule has 3 nitrogen and oxygen atoms in total. The fraction of sp³-hybridized carbons (Fsp3) is 0.455. The van der Waals surface area contributed by atoms with Crippen LogP contribution in [0.15, 0.2) is 18.2 Å². The van der Waals surface area contributed by atoms with E-state index in [2.05, 4.69) is 0 Å². The molecule has 1 rings (SSSR count). The minimum Gasteiger partial charge on any atom is -0.399 e. The molecule has 84 valence electrons. The van der Waals surface area contributed by atoms with Crippen molar-refractivity contribution in [2.24, 2.45) is 0 Å². The number of hydrogen-bond acceptors (Lipinski definition) is 3. The van der Waals surface area contributed by atoms with Gasteiger partial charge in [-0.1, -0.05) is 0 Å². The van der Waals surface area contributed by atoms with Gasteiger partial charge in [-0.25, -0.2) is 4.39 Å². The van der Waals surface area contributed by atoms with Crippen molar-refractivity contribution in [3.05, 3.63) is 24.0 Å². The van der Waals surface area contributed by atoms with E-state index in [1.54, 1.807) is 19.2 Å². The van der Waals surface area contributed by atoms with Crippen molar-refractivity contribution >= 4 is 11.4 Å². The molecule has 0 heterocycles. The minimum absolute atomic E-state index is 0.282. The van der Waals surface area contributed by atoms with Crippen LogP contribution in [0.4, 0.5) is 15.8 Å². The SMILES string of the molecule is COCCCN(C)c1ccc(N)cc1F. The van der Waals surface area contributed by atoms with Crippen LogP contribution in [0.3, 0.4) is 0 Å². The number of nitrogens with zero attached hydrogens (tertiary/aromatic N) is 1. The summed E-state index contributed by atoms with van der Waals surface area (Å²) in [5, 5.41) is 0. The molecule has 0 aliphatic heterocycles. The largest absolute Gasteiger partial charge is 0.399 e. The van der Waals surface area contributed by atoms with E-state index in [-0.39, 0.29) is 5.82 Å². The van der Waals surface area contributed by atoms with Gasteiger partial charge in [0, 0.05) is 33.0 Å². The number of benzene rings is 1. The summed E-state index contributed by atoms with van der Waals surface area (Å²) in [5.41, 5.74) is 6.49. The number of hydrogen-bond donors (Lipinski definition) is 1. The molecule has 0 aliphatic carbocycles. The topological polar surface area (TPSA) is 38.5 Å². The van der Waals surface area contributed by atoms with E-state index in [0.717, 1.165) is 13.0 Å². The minimum atomic E-state index is -0.282. The smallest absolute Gasteiger partial charge is 0.148 e. The maximum absolute atomic E-state index is 13.5. The summed E-state index contributed by atoms with van der Waals surface area (Å²) >= 11 is 0. The molecule has 0 saturated heterocycles. The molecular formula is C11H17FN2O. The first-order valence-electron chi connectivity index (χ1n) is 4.90. The zero-order valence-electron chi connectivity index (χ0n) is 9.16. The molecule has 0 aromatic heterocycles. The Morgan fingerprint density at radius 1 is 1.47 bits per heavy atom. The van der Waals surface area contributed by atoms with Gasteiger partial charge in [-0.2, -0.15) is 0 Å². The number of anilines is 2. The third-order valence-corrected chi connectivity index (χ3v) is 2.22. The molecule has 4 heteroatoms. The van der Waals surface area contributed by atoms with E-state index in [1.165, 1.54) is 6.07 Å². The average molecular weight is 212 g/mol. The molecule has 0 fully saturated rings. The van der Waals surface area contributed by atoms with Gasteiger partial charge in [-0.15, -0.1) is 0 Å². The quantitative estimate of drug-likeness (QED) is 0.598. The molecule has 0 radical (unpaired) electrons. The summed E-state index contributed by atoms with van der Waals surface area (Å²) < 4.78 is 18.4. The van der Waals surface area contributed by atoms with E-state index >= 15 is 0 Å². The number of methoxy groups -OCH3 is 1. The highest BCUT2D eigenvalue weighted by Gasteiger charge is 2.06. The molecule has 0 saturated carbocycles. The van der Waals surface area contributed by atoms with E-state index < -0.39 is 0 Å². The van der Waals surface area contributed by atoms with Gasteiger partial charge in [0.2, 0.25) is 0 Å². The Kier molecular flexibility index (Phi) is 4.37. The molecule has 0 unspecified atom stereocenters. The third kappa shape index (κ3) is 3.40. The highest BCUT2D eigenvalue weighted by atomic mass is 19.1. The van der Waals surface area contributed by atoms with Crippen LogP contribution in [0.25, 0.3) is 0 Å². The van der Waals surface area contributed by atoms with Crippen LogP contribution in [0, 0.1) is 5.82 Å². The second kappa shape index (κ2) is 5.56. The zero-order chi connectivity index (χ0) is 11.3. The van der Waals surface area contributed by atoms with Crippen molar-refractivity contribution in [2.45, 2.75) is 6.42 Å². The van der Waals surface area contributed by atoms with E-state index in [1.807, 2.05) is 11.9 Å². The Morgan fingerprint density at radius 3 is 2.80 bits per heavy atom. The van der Waals surface area contributed by atoms with Crippen molar-refractivity contribution in [1.82, 2.24) is 0 Å². The molecule has 0 amide bonds. The van der Waals surface area contributed by atoms with Gasteiger partial charge >= 0.3 is 0 Å². The molecule has 2 N–H and O–H groups in total. The van der Waals surface area contributed by atoms with Crippen molar-refractivity contribution in [1.29, 1.82) is 0 Å². The van der Waals surface area contributed by atoms with Crippen LogP contribution in [-0.2, 0) is 4.74 Å². The Bertz CT molecular complexity index is 317. The maximum Gasteiger partial charge on any atom is 0.148 e. The summed E-state index contributed by atoms with van der Waals surface area (Å²) in [6.07, 6.45) is 0.872.